The second kappa shape index (κ2) is 8.65. The number of hydrogen-bond acceptors (Lipinski definition) is 4. The third kappa shape index (κ3) is 4.19. The molecule has 0 bridgehead atoms. The summed E-state index contributed by atoms with van der Waals surface area (Å²) in [7, 11) is 3.09. The summed E-state index contributed by atoms with van der Waals surface area (Å²) in [4.78, 5) is 27.1. The summed E-state index contributed by atoms with van der Waals surface area (Å²) in [5, 5.41) is 5.78. The first-order chi connectivity index (χ1) is 13.5. The van der Waals surface area contributed by atoms with Crippen molar-refractivity contribution in [3.63, 3.8) is 0 Å². The molecule has 0 radical (unpaired) electrons. The highest BCUT2D eigenvalue weighted by atomic mass is 16.5. The van der Waals surface area contributed by atoms with Crippen LogP contribution in [0.4, 0.5) is 16.2 Å². The largest absolute Gasteiger partial charge is 0.493 e. The Bertz CT molecular complexity index is 868. The molecule has 1 saturated heterocycles. The highest BCUT2D eigenvalue weighted by Crippen LogP contribution is 2.30. The maximum absolute atomic E-state index is 12.8. The first-order valence-corrected chi connectivity index (χ1v) is 9.19. The van der Waals surface area contributed by atoms with Crippen molar-refractivity contribution in [1.82, 2.24) is 4.90 Å². The number of amides is 3. The van der Waals surface area contributed by atoms with Gasteiger partial charge in [-0.2, -0.15) is 0 Å². The van der Waals surface area contributed by atoms with Crippen molar-refractivity contribution in [1.29, 1.82) is 0 Å². The first kappa shape index (κ1) is 19.5. The molecule has 3 amide bonds. The molecule has 0 unspecified atom stereocenters. The Morgan fingerprint density at radius 2 is 1.79 bits per heavy atom. The third-order valence-corrected chi connectivity index (χ3v) is 4.85. The van der Waals surface area contributed by atoms with E-state index in [1.54, 1.807) is 30.2 Å². The van der Waals surface area contributed by atoms with Crippen molar-refractivity contribution in [2.45, 2.75) is 25.8 Å². The lowest BCUT2D eigenvalue weighted by Crippen LogP contribution is -2.45. The number of benzene rings is 2. The summed E-state index contributed by atoms with van der Waals surface area (Å²) >= 11 is 0. The summed E-state index contributed by atoms with van der Waals surface area (Å²) in [5.41, 5.74) is 2.31. The number of likely N-dealkylation sites (tertiary alicyclic amines) is 1. The second-order valence-electron chi connectivity index (χ2n) is 6.66. The van der Waals surface area contributed by atoms with Crippen molar-refractivity contribution in [3.8, 4) is 11.5 Å². The number of urea groups is 1. The molecule has 1 aliphatic rings. The minimum Gasteiger partial charge on any atom is -0.493 e. The average molecular weight is 383 g/mol. The quantitative estimate of drug-likeness (QED) is 0.826. The molecule has 7 heteroatoms. The molecule has 1 atom stereocenters. The topological polar surface area (TPSA) is 79.9 Å². The fraction of sp³-hybridized carbons (Fsp3) is 0.333. The van der Waals surface area contributed by atoms with Gasteiger partial charge < -0.3 is 25.0 Å². The third-order valence-electron chi connectivity index (χ3n) is 4.85. The summed E-state index contributed by atoms with van der Waals surface area (Å²) in [6.45, 7) is 2.47. The van der Waals surface area contributed by atoms with E-state index in [-0.39, 0.29) is 11.9 Å². The number of hydrogen-bond donors (Lipinski definition) is 2. The van der Waals surface area contributed by atoms with E-state index >= 15 is 0 Å². The summed E-state index contributed by atoms with van der Waals surface area (Å²) in [6.07, 6.45) is 1.41. The molecule has 0 aliphatic carbocycles. The van der Waals surface area contributed by atoms with Crippen LogP contribution in [0.1, 0.15) is 18.4 Å². The van der Waals surface area contributed by atoms with Gasteiger partial charge in [-0.1, -0.05) is 18.2 Å². The number of nitrogens with zero attached hydrogens (tertiary/aromatic N) is 1. The number of ether oxygens (including phenoxy) is 2. The molecule has 0 saturated carbocycles. The van der Waals surface area contributed by atoms with Crippen LogP contribution in [0.25, 0.3) is 0 Å². The van der Waals surface area contributed by atoms with Gasteiger partial charge in [-0.3, -0.25) is 4.79 Å². The Morgan fingerprint density at radius 1 is 1.04 bits per heavy atom. The van der Waals surface area contributed by atoms with Crippen molar-refractivity contribution in [2.24, 2.45) is 0 Å². The van der Waals surface area contributed by atoms with Gasteiger partial charge in [-0.25, -0.2) is 4.79 Å². The zero-order valence-electron chi connectivity index (χ0n) is 16.3. The summed E-state index contributed by atoms with van der Waals surface area (Å²) in [6, 6.07) is 12.0. The highest BCUT2D eigenvalue weighted by Gasteiger charge is 2.34. The van der Waals surface area contributed by atoms with Gasteiger partial charge in [-0.05, 0) is 43.5 Å². The van der Waals surface area contributed by atoms with Crippen LogP contribution in [-0.4, -0.2) is 43.6 Å². The van der Waals surface area contributed by atoms with Crippen molar-refractivity contribution < 1.29 is 19.1 Å². The lowest BCUT2D eigenvalue weighted by molar-refractivity contribution is -0.119. The van der Waals surface area contributed by atoms with Crippen LogP contribution in [0.2, 0.25) is 0 Å². The van der Waals surface area contributed by atoms with E-state index in [1.165, 1.54) is 7.11 Å². The van der Waals surface area contributed by atoms with Gasteiger partial charge in [0, 0.05) is 24.0 Å². The average Bonchev–Trinajstić information content (AvgIpc) is 3.20. The molecule has 2 aromatic carbocycles. The standard InChI is InChI=1S/C21H25N3O4/c1-14-7-4-5-8-16(14)23-21(26)24-12-6-9-17(24)20(25)22-15-10-11-18(27-2)19(13-15)28-3/h4-5,7-8,10-11,13,17H,6,9,12H2,1-3H3,(H,22,25)(H,23,26)/t17-/m1/s1. The number of carbonyl (C=O) groups excluding carboxylic acids is 2. The summed E-state index contributed by atoms with van der Waals surface area (Å²) < 4.78 is 10.5. The lowest BCUT2D eigenvalue weighted by Gasteiger charge is -2.24. The van der Waals surface area contributed by atoms with Crippen LogP contribution >= 0.6 is 0 Å². The fourth-order valence-corrected chi connectivity index (χ4v) is 3.32. The Balaban J connectivity index is 1.69. The maximum atomic E-state index is 12.8. The van der Waals surface area contributed by atoms with Crippen LogP contribution in [0.3, 0.4) is 0 Å². The molecule has 1 heterocycles. The molecule has 0 aromatic heterocycles. The van der Waals surface area contributed by atoms with Crippen LogP contribution in [0.15, 0.2) is 42.5 Å². The van der Waals surface area contributed by atoms with Crippen molar-refractivity contribution >= 4 is 23.3 Å². The molecule has 1 fully saturated rings. The van der Waals surface area contributed by atoms with Crippen molar-refractivity contribution in [3.05, 3.63) is 48.0 Å². The molecule has 148 valence electrons. The van der Waals surface area contributed by atoms with E-state index in [9.17, 15) is 9.59 Å². The monoisotopic (exact) mass is 383 g/mol. The zero-order valence-corrected chi connectivity index (χ0v) is 16.3. The lowest BCUT2D eigenvalue weighted by atomic mass is 10.2. The maximum Gasteiger partial charge on any atom is 0.322 e. The Kier molecular flexibility index (Phi) is 6.03. The van der Waals surface area contributed by atoms with Crippen LogP contribution in [-0.2, 0) is 4.79 Å². The molecule has 2 aromatic rings. The van der Waals surface area contributed by atoms with Gasteiger partial charge >= 0.3 is 6.03 Å². The van der Waals surface area contributed by atoms with Gasteiger partial charge in [0.2, 0.25) is 5.91 Å². The molecule has 0 spiro atoms. The number of aryl methyl sites for hydroxylation is 1. The number of para-hydroxylation sites is 1. The minimum atomic E-state index is -0.517. The zero-order chi connectivity index (χ0) is 20.1. The molecular weight excluding hydrogens is 358 g/mol. The number of methoxy groups -OCH3 is 2. The van der Waals surface area contributed by atoms with E-state index < -0.39 is 6.04 Å². The Morgan fingerprint density at radius 3 is 2.50 bits per heavy atom. The van der Waals surface area contributed by atoms with E-state index in [1.807, 2.05) is 31.2 Å². The van der Waals surface area contributed by atoms with E-state index in [0.29, 0.717) is 30.2 Å². The molecule has 7 nitrogen and oxygen atoms in total. The number of carbonyl (C=O) groups is 2. The van der Waals surface area contributed by atoms with E-state index in [0.717, 1.165) is 17.7 Å². The van der Waals surface area contributed by atoms with E-state index in [4.69, 9.17) is 9.47 Å². The molecule has 28 heavy (non-hydrogen) atoms. The van der Waals surface area contributed by atoms with Crippen LogP contribution < -0.4 is 20.1 Å². The molecule has 1 aliphatic heterocycles. The van der Waals surface area contributed by atoms with Gasteiger partial charge in [0.15, 0.2) is 11.5 Å². The highest BCUT2D eigenvalue weighted by molar-refractivity contribution is 6.00. The predicted molar refractivity (Wildman–Crippen MR) is 108 cm³/mol. The first-order valence-electron chi connectivity index (χ1n) is 9.19. The molecule has 3 rings (SSSR count). The van der Waals surface area contributed by atoms with Gasteiger partial charge in [-0.15, -0.1) is 0 Å². The number of rotatable bonds is 5. The second-order valence-corrected chi connectivity index (χ2v) is 6.66. The SMILES string of the molecule is COc1ccc(NC(=O)[C@H]2CCCN2C(=O)Nc2ccccc2C)cc1OC. The molecular formula is C21H25N3O4. The van der Waals surface area contributed by atoms with Crippen molar-refractivity contribution in [2.75, 3.05) is 31.4 Å². The Labute approximate surface area is 164 Å². The smallest absolute Gasteiger partial charge is 0.322 e. The van der Waals surface area contributed by atoms with Gasteiger partial charge in [0.25, 0.3) is 0 Å². The minimum absolute atomic E-state index is 0.218. The van der Waals surface area contributed by atoms with Gasteiger partial charge in [0.05, 0.1) is 14.2 Å². The van der Waals surface area contributed by atoms with Crippen LogP contribution in [0.5, 0.6) is 11.5 Å². The normalized spacial score (nSPS) is 15.8. The fourth-order valence-electron chi connectivity index (χ4n) is 3.32. The van der Waals surface area contributed by atoms with E-state index in [2.05, 4.69) is 10.6 Å². The van der Waals surface area contributed by atoms with Gasteiger partial charge in [0.1, 0.15) is 6.04 Å². The molecule has 2 N–H and O–H groups in total. The van der Waals surface area contributed by atoms with Crippen LogP contribution in [0, 0.1) is 6.92 Å². The number of anilines is 2. The number of nitrogens with one attached hydrogen (secondary N) is 2. The predicted octanol–water partition coefficient (Wildman–Crippen LogP) is 3.65. The Hall–Kier alpha value is -3.22. The summed E-state index contributed by atoms with van der Waals surface area (Å²) in [5.74, 6) is 0.895.